The van der Waals surface area contributed by atoms with Gasteiger partial charge in [-0.05, 0) is 43.9 Å². The van der Waals surface area contributed by atoms with E-state index in [0.717, 1.165) is 24.6 Å². The molecule has 1 fully saturated rings. The van der Waals surface area contributed by atoms with Crippen molar-refractivity contribution in [3.63, 3.8) is 0 Å². The summed E-state index contributed by atoms with van der Waals surface area (Å²) in [5, 5.41) is 3.35. The van der Waals surface area contributed by atoms with Gasteiger partial charge in [0.15, 0.2) is 0 Å². The second kappa shape index (κ2) is 7.76. The fourth-order valence-corrected chi connectivity index (χ4v) is 2.55. The van der Waals surface area contributed by atoms with E-state index in [1.807, 2.05) is 18.0 Å². The van der Waals surface area contributed by atoms with Gasteiger partial charge in [0.25, 0.3) is 0 Å². The van der Waals surface area contributed by atoms with Gasteiger partial charge in [-0.3, -0.25) is 0 Å². The van der Waals surface area contributed by atoms with Gasteiger partial charge in [-0.2, -0.15) is 0 Å². The van der Waals surface area contributed by atoms with Crippen molar-refractivity contribution in [2.24, 2.45) is 5.92 Å². The van der Waals surface area contributed by atoms with Crippen molar-refractivity contribution in [1.82, 2.24) is 5.32 Å². The van der Waals surface area contributed by atoms with Gasteiger partial charge in [0, 0.05) is 26.2 Å². The molecule has 4 heteroatoms. The van der Waals surface area contributed by atoms with Crippen LogP contribution in [0.5, 0.6) is 0 Å². The molecule has 1 aliphatic carbocycles. The topological polar surface area (TPSA) is 24.5 Å². The monoisotopic (exact) mass is 294 g/mol. The Morgan fingerprint density at radius 3 is 2.86 bits per heavy atom. The van der Waals surface area contributed by atoms with E-state index in [4.69, 9.17) is 4.74 Å². The highest BCUT2D eigenvalue weighted by atomic mass is 19.1. The zero-order chi connectivity index (χ0) is 15.2. The number of nitrogens with one attached hydrogen (secondary N) is 1. The van der Waals surface area contributed by atoms with Crippen molar-refractivity contribution >= 4 is 5.69 Å². The van der Waals surface area contributed by atoms with Crippen LogP contribution in [-0.2, 0) is 4.74 Å². The third-order valence-corrected chi connectivity index (χ3v) is 4.00. The van der Waals surface area contributed by atoms with Gasteiger partial charge in [0.05, 0.1) is 12.3 Å². The summed E-state index contributed by atoms with van der Waals surface area (Å²) in [4.78, 5) is 1.96. The SMILES string of the molecule is CCNC(C)c1cccc(F)c1N(C)CCOCC1CC1. The Hall–Kier alpha value is -1.13. The molecule has 1 atom stereocenters. The highest BCUT2D eigenvalue weighted by Gasteiger charge is 2.21. The van der Waals surface area contributed by atoms with Crippen LogP contribution in [0.15, 0.2) is 18.2 Å². The van der Waals surface area contributed by atoms with Crippen molar-refractivity contribution in [2.75, 3.05) is 38.3 Å². The molecule has 0 radical (unpaired) electrons. The van der Waals surface area contributed by atoms with Gasteiger partial charge in [-0.1, -0.05) is 19.1 Å². The number of nitrogens with zero attached hydrogens (tertiary/aromatic N) is 1. The molecule has 0 spiro atoms. The van der Waals surface area contributed by atoms with Crippen LogP contribution in [0.3, 0.4) is 0 Å². The van der Waals surface area contributed by atoms with E-state index in [2.05, 4.69) is 19.2 Å². The summed E-state index contributed by atoms with van der Waals surface area (Å²) in [6, 6.07) is 5.43. The molecular weight excluding hydrogens is 267 g/mol. The lowest BCUT2D eigenvalue weighted by Gasteiger charge is -2.26. The van der Waals surface area contributed by atoms with Crippen LogP contribution in [0, 0.1) is 11.7 Å². The Morgan fingerprint density at radius 1 is 1.43 bits per heavy atom. The normalized spacial score (nSPS) is 16.0. The second-order valence-corrected chi connectivity index (χ2v) is 5.90. The first-order valence-corrected chi connectivity index (χ1v) is 7.94. The number of para-hydroxylation sites is 1. The first kappa shape index (κ1) is 16.2. The number of anilines is 1. The van der Waals surface area contributed by atoms with Crippen molar-refractivity contribution in [1.29, 1.82) is 0 Å². The van der Waals surface area contributed by atoms with Crippen LogP contribution in [0.2, 0.25) is 0 Å². The molecular formula is C17H27FN2O. The highest BCUT2D eigenvalue weighted by Crippen LogP contribution is 2.30. The molecule has 0 aromatic heterocycles. The molecule has 0 amide bonds. The van der Waals surface area contributed by atoms with Gasteiger partial charge < -0.3 is 15.0 Å². The molecule has 0 aliphatic heterocycles. The largest absolute Gasteiger partial charge is 0.379 e. The van der Waals surface area contributed by atoms with Gasteiger partial charge >= 0.3 is 0 Å². The van der Waals surface area contributed by atoms with Gasteiger partial charge in [-0.25, -0.2) is 4.39 Å². The minimum absolute atomic E-state index is 0.135. The number of hydrogen-bond acceptors (Lipinski definition) is 3. The summed E-state index contributed by atoms with van der Waals surface area (Å²) in [5.74, 6) is 0.607. The molecule has 1 aliphatic rings. The summed E-state index contributed by atoms with van der Waals surface area (Å²) in [6.07, 6.45) is 2.60. The van der Waals surface area contributed by atoms with E-state index >= 15 is 0 Å². The first-order chi connectivity index (χ1) is 10.1. The van der Waals surface area contributed by atoms with E-state index < -0.39 is 0 Å². The summed E-state index contributed by atoms with van der Waals surface area (Å²) < 4.78 is 19.9. The predicted octanol–water partition coefficient (Wildman–Crippen LogP) is 3.36. The lowest BCUT2D eigenvalue weighted by molar-refractivity contribution is 0.130. The van der Waals surface area contributed by atoms with Gasteiger partial charge in [-0.15, -0.1) is 0 Å². The lowest BCUT2D eigenvalue weighted by atomic mass is 10.0. The first-order valence-electron chi connectivity index (χ1n) is 7.94. The third-order valence-electron chi connectivity index (χ3n) is 4.00. The summed E-state index contributed by atoms with van der Waals surface area (Å²) in [5.41, 5.74) is 1.68. The van der Waals surface area contributed by atoms with E-state index in [-0.39, 0.29) is 11.9 Å². The van der Waals surface area contributed by atoms with Crippen LogP contribution in [0.1, 0.15) is 38.3 Å². The number of likely N-dealkylation sites (N-methyl/N-ethyl adjacent to an activating group) is 1. The molecule has 21 heavy (non-hydrogen) atoms. The van der Waals surface area contributed by atoms with Crippen molar-refractivity contribution in [2.45, 2.75) is 32.7 Å². The number of halogens is 1. The Balaban J connectivity index is 1.97. The molecule has 2 rings (SSSR count). The average Bonchev–Trinajstić information content (AvgIpc) is 3.27. The number of rotatable bonds is 9. The van der Waals surface area contributed by atoms with Crippen molar-refractivity contribution in [3.8, 4) is 0 Å². The quantitative estimate of drug-likeness (QED) is 0.707. The fourth-order valence-electron chi connectivity index (χ4n) is 2.55. The lowest BCUT2D eigenvalue weighted by Crippen LogP contribution is -2.27. The Kier molecular flexibility index (Phi) is 6.00. The zero-order valence-electron chi connectivity index (χ0n) is 13.4. The van der Waals surface area contributed by atoms with Crippen LogP contribution in [0.4, 0.5) is 10.1 Å². The number of hydrogen-bond donors (Lipinski definition) is 1. The molecule has 1 aromatic carbocycles. The second-order valence-electron chi connectivity index (χ2n) is 5.90. The van der Waals surface area contributed by atoms with Gasteiger partial charge in [0.2, 0.25) is 0 Å². The van der Waals surface area contributed by atoms with Gasteiger partial charge in [0.1, 0.15) is 5.82 Å². The molecule has 0 heterocycles. The van der Waals surface area contributed by atoms with E-state index in [1.165, 1.54) is 18.9 Å². The Bertz CT molecular complexity index is 448. The van der Waals surface area contributed by atoms with Crippen molar-refractivity contribution in [3.05, 3.63) is 29.6 Å². The summed E-state index contributed by atoms with van der Waals surface area (Å²) >= 11 is 0. The minimum Gasteiger partial charge on any atom is -0.379 e. The molecule has 0 saturated heterocycles. The zero-order valence-corrected chi connectivity index (χ0v) is 13.4. The Labute approximate surface area is 127 Å². The standard InChI is InChI=1S/C17H27FN2O/c1-4-19-13(2)15-6-5-7-16(18)17(15)20(3)10-11-21-12-14-8-9-14/h5-7,13-14,19H,4,8-12H2,1-3H3. The van der Waals surface area contributed by atoms with Crippen LogP contribution in [0.25, 0.3) is 0 Å². The van der Waals surface area contributed by atoms with E-state index in [9.17, 15) is 4.39 Å². The third kappa shape index (κ3) is 4.68. The maximum absolute atomic E-state index is 14.2. The average molecular weight is 294 g/mol. The van der Waals surface area contributed by atoms with Crippen LogP contribution in [-0.4, -0.2) is 33.4 Å². The molecule has 1 saturated carbocycles. The summed E-state index contributed by atoms with van der Waals surface area (Å²) in [7, 11) is 1.93. The molecule has 1 aromatic rings. The maximum atomic E-state index is 14.2. The molecule has 118 valence electrons. The summed E-state index contributed by atoms with van der Waals surface area (Å²) in [6.45, 7) is 7.21. The maximum Gasteiger partial charge on any atom is 0.146 e. The Morgan fingerprint density at radius 2 is 2.19 bits per heavy atom. The molecule has 3 nitrogen and oxygen atoms in total. The van der Waals surface area contributed by atoms with Crippen molar-refractivity contribution < 1.29 is 9.13 Å². The molecule has 1 unspecified atom stereocenters. The fraction of sp³-hybridized carbons (Fsp3) is 0.647. The number of benzene rings is 1. The highest BCUT2D eigenvalue weighted by molar-refractivity contribution is 5.55. The molecule has 1 N–H and O–H groups in total. The van der Waals surface area contributed by atoms with E-state index in [1.54, 1.807) is 6.07 Å². The van der Waals surface area contributed by atoms with Crippen LogP contribution < -0.4 is 10.2 Å². The molecule has 0 bridgehead atoms. The smallest absolute Gasteiger partial charge is 0.146 e. The van der Waals surface area contributed by atoms with Crippen LogP contribution >= 0.6 is 0 Å². The predicted molar refractivity (Wildman–Crippen MR) is 85.3 cm³/mol. The number of ether oxygens (including phenoxy) is 1. The van der Waals surface area contributed by atoms with E-state index in [0.29, 0.717) is 18.8 Å². The minimum atomic E-state index is -0.165.